The maximum Gasteiger partial charge on any atom is 0.338 e. The van der Waals surface area contributed by atoms with Crippen molar-refractivity contribution >= 4 is 18.1 Å². The van der Waals surface area contributed by atoms with Crippen molar-refractivity contribution in [3.8, 4) is 11.3 Å². The van der Waals surface area contributed by atoms with Gasteiger partial charge in [-0.05, 0) is 42.3 Å². The van der Waals surface area contributed by atoms with E-state index in [4.69, 9.17) is 9.15 Å². The second kappa shape index (κ2) is 10.6. The van der Waals surface area contributed by atoms with Crippen LogP contribution in [0.15, 0.2) is 107 Å². The maximum atomic E-state index is 13.1. The predicted molar refractivity (Wildman–Crippen MR) is 132 cm³/mol. The van der Waals surface area contributed by atoms with E-state index in [0.29, 0.717) is 34.8 Å². The average molecular weight is 469 g/mol. The van der Waals surface area contributed by atoms with Gasteiger partial charge >= 0.3 is 5.97 Å². The zero-order valence-corrected chi connectivity index (χ0v) is 19.0. The summed E-state index contributed by atoms with van der Waals surface area (Å²) in [6.45, 7) is 2.07. The number of aliphatic hydroxyl groups is 1. The molecule has 0 unspecified atom stereocenters. The SMILES string of the molecule is CCOC(=O)c1ccc(-c2ccc(C=NNC(=O)C(O)(c3ccccc3)c3ccccc3)o2)cc1. The molecule has 7 nitrogen and oxygen atoms in total. The summed E-state index contributed by atoms with van der Waals surface area (Å²) < 4.78 is 10.8. The molecule has 0 bridgehead atoms. The molecule has 1 aromatic heterocycles. The number of carbonyl (C=O) groups is 2. The van der Waals surface area contributed by atoms with Crippen LogP contribution >= 0.6 is 0 Å². The van der Waals surface area contributed by atoms with Crippen molar-refractivity contribution in [2.24, 2.45) is 5.10 Å². The lowest BCUT2D eigenvalue weighted by Crippen LogP contribution is -2.43. The predicted octanol–water partition coefficient (Wildman–Crippen LogP) is 4.51. The number of amides is 1. The number of nitrogens with zero attached hydrogens (tertiary/aromatic N) is 1. The van der Waals surface area contributed by atoms with Gasteiger partial charge in [0.1, 0.15) is 11.5 Å². The van der Waals surface area contributed by atoms with Gasteiger partial charge in [-0.3, -0.25) is 4.79 Å². The Kier molecular flexibility index (Phi) is 7.18. The number of hydrogen-bond donors (Lipinski definition) is 2. The van der Waals surface area contributed by atoms with Crippen LogP contribution in [0.5, 0.6) is 0 Å². The number of furan rings is 1. The van der Waals surface area contributed by atoms with Crippen LogP contribution in [0.4, 0.5) is 0 Å². The van der Waals surface area contributed by atoms with E-state index in [9.17, 15) is 14.7 Å². The summed E-state index contributed by atoms with van der Waals surface area (Å²) in [6, 6.07) is 27.7. The summed E-state index contributed by atoms with van der Waals surface area (Å²) in [4.78, 5) is 24.9. The standard InChI is InChI=1S/C28H24N2O5/c1-2-34-26(31)21-15-13-20(14-16-21)25-18-17-24(35-25)19-29-30-27(32)28(33,22-9-5-3-6-10-22)23-11-7-4-8-12-23/h3-19,33H,2H2,1H3,(H,30,32). The van der Waals surface area contributed by atoms with Crippen LogP contribution in [-0.4, -0.2) is 29.8 Å². The van der Waals surface area contributed by atoms with E-state index in [0.717, 1.165) is 5.56 Å². The lowest BCUT2D eigenvalue weighted by molar-refractivity contribution is -0.136. The Balaban J connectivity index is 1.48. The Hall–Kier alpha value is -4.49. The number of esters is 1. The summed E-state index contributed by atoms with van der Waals surface area (Å²) in [5, 5.41) is 15.4. The Morgan fingerprint density at radius 1 is 0.914 bits per heavy atom. The Morgan fingerprint density at radius 2 is 1.51 bits per heavy atom. The molecule has 4 rings (SSSR count). The smallest absolute Gasteiger partial charge is 0.338 e. The Morgan fingerprint density at radius 3 is 2.09 bits per heavy atom. The summed E-state index contributed by atoms with van der Waals surface area (Å²) >= 11 is 0. The van der Waals surface area contributed by atoms with Crippen LogP contribution in [0.3, 0.4) is 0 Å². The molecular formula is C28H24N2O5. The highest BCUT2D eigenvalue weighted by atomic mass is 16.5. The van der Waals surface area contributed by atoms with Crippen molar-refractivity contribution in [3.63, 3.8) is 0 Å². The van der Waals surface area contributed by atoms with Crippen LogP contribution in [-0.2, 0) is 15.1 Å². The van der Waals surface area contributed by atoms with Gasteiger partial charge in [-0.25, -0.2) is 10.2 Å². The third-order valence-corrected chi connectivity index (χ3v) is 5.38. The molecule has 0 aliphatic carbocycles. The van der Waals surface area contributed by atoms with Gasteiger partial charge in [0.2, 0.25) is 0 Å². The van der Waals surface area contributed by atoms with Crippen LogP contribution in [0.25, 0.3) is 11.3 Å². The molecule has 1 amide bonds. The quantitative estimate of drug-likeness (QED) is 0.225. The number of hydrazone groups is 1. The fourth-order valence-corrected chi connectivity index (χ4v) is 3.59. The van der Waals surface area contributed by atoms with Gasteiger partial charge in [0.05, 0.1) is 18.4 Å². The second-order valence-electron chi connectivity index (χ2n) is 7.64. The summed E-state index contributed by atoms with van der Waals surface area (Å²) in [5.41, 5.74) is 2.56. The van der Waals surface area contributed by atoms with E-state index in [1.165, 1.54) is 6.21 Å². The highest BCUT2D eigenvalue weighted by Crippen LogP contribution is 2.30. The van der Waals surface area contributed by atoms with E-state index in [1.807, 2.05) is 12.1 Å². The first-order chi connectivity index (χ1) is 17.0. The number of ether oxygens (including phenoxy) is 1. The molecule has 3 aromatic carbocycles. The number of rotatable bonds is 8. The Labute approximate surface area is 202 Å². The first kappa shape index (κ1) is 23.7. The van der Waals surface area contributed by atoms with Crippen LogP contribution in [0, 0.1) is 0 Å². The molecule has 4 aromatic rings. The van der Waals surface area contributed by atoms with Gasteiger partial charge in [-0.15, -0.1) is 0 Å². The van der Waals surface area contributed by atoms with Crippen molar-refractivity contribution < 1.29 is 23.8 Å². The average Bonchev–Trinajstić information content (AvgIpc) is 3.38. The molecule has 7 heteroatoms. The highest BCUT2D eigenvalue weighted by Gasteiger charge is 2.39. The van der Waals surface area contributed by atoms with Gasteiger partial charge in [0.15, 0.2) is 5.60 Å². The number of benzene rings is 3. The minimum Gasteiger partial charge on any atom is -0.462 e. The molecule has 0 saturated heterocycles. The third kappa shape index (κ3) is 5.20. The molecule has 0 aliphatic rings. The van der Waals surface area contributed by atoms with E-state index in [2.05, 4.69) is 10.5 Å². The molecule has 0 spiro atoms. The van der Waals surface area contributed by atoms with E-state index < -0.39 is 11.5 Å². The number of nitrogens with one attached hydrogen (secondary N) is 1. The second-order valence-corrected chi connectivity index (χ2v) is 7.64. The molecule has 2 N–H and O–H groups in total. The van der Waals surface area contributed by atoms with Gasteiger partial charge in [0, 0.05) is 5.56 Å². The zero-order valence-electron chi connectivity index (χ0n) is 19.0. The van der Waals surface area contributed by atoms with Crippen LogP contribution in [0.2, 0.25) is 0 Å². The van der Waals surface area contributed by atoms with E-state index in [-0.39, 0.29) is 5.97 Å². The van der Waals surface area contributed by atoms with Crippen LogP contribution in [0.1, 0.15) is 34.2 Å². The van der Waals surface area contributed by atoms with Crippen molar-refractivity contribution in [2.45, 2.75) is 12.5 Å². The van der Waals surface area contributed by atoms with Gasteiger partial charge in [-0.2, -0.15) is 5.10 Å². The minimum atomic E-state index is -1.92. The first-order valence-electron chi connectivity index (χ1n) is 11.1. The summed E-state index contributed by atoms with van der Waals surface area (Å²) in [6.07, 6.45) is 1.35. The molecule has 0 aliphatic heterocycles. The summed E-state index contributed by atoms with van der Waals surface area (Å²) in [5.74, 6) is -0.114. The lowest BCUT2D eigenvalue weighted by atomic mass is 9.85. The highest BCUT2D eigenvalue weighted by molar-refractivity contribution is 5.91. The van der Waals surface area contributed by atoms with Crippen molar-refractivity contribution in [1.29, 1.82) is 0 Å². The molecule has 35 heavy (non-hydrogen) atoms. The molecular weight excluding hydrogens is 444 g/mol. The summed E-state index contributed by atoms with van der Waals surface area (Å²) in [7, 11) is 0. The fourth-order valence-electron chi connectivity index (χ4n) is 3.59. The zero-order chi connectivity index (χ0) is 24.7. The molecule has 1 heterocycles. The topological polar surface area (TPSA) is 101 Å². The lowest BCUT2D eigenvalue weighted by Gasteiger charge is -2.26. The maximum absolute atomic E-state index is 13.1. The van der Waals surface area contributed by atoms with Gasteiger partial charge in [0.25, 0.3) is 5.91 Å². The molecule has 0 radical (unpaired) electrons. The van der Waals surface area contributed by atoms with Crippen LogP contribution < -0.4 is 5.43 Å². The Bertz CT molecular complexity index is 1270. The minimum absolute atomic E-state index is 0.312. The number of carbonyl (C=O) groups excluding carboxylic acids is 2. The number of hydrogen-bond acceptors (Lipinski definition) is 6. The normalized spacial score (nSPS) is 11.4. The fraction of sp³-hybridized carbons (Fsp3) is 0.107. The first-order valence-corrected chi connectivity index (χ1v) is 11.1. The molecule has 0 fully saturated rings. The molecule has 176 valence electrons. The van der Waals surface area contributed by atoms with Crippen molar-refractivity contribution in [1.82, 2.24) is 5.43 Å². The monoisotopic (exact) mass is 468 g/mol. The molecule has 0 saturated carbocycles. The van der Waals surface area contributed by atoms with Gasteiger partial charge < -0.3 is 14.3 Å². The van der Waals surface area contributed by atoms with E-state index in [1.54, 1.807) is 91.9 Å². The van der Waals surface area contributed by atoms with Crippen molar-refractivity contribution in [3.05, 3.63) is 120 Å². The van der Waals surface area contributed by atoms with Gasteiger partial charge in [-0.1, -0.05) is 72.8 Å². The van der Waals surface area contributed by atoms with Crippen molar-refractivity contribution in [2.75, 3.05) is 6.61 Å². The third-order valence-electron chi connectivity index (χ3n) is 5.38. The molecule has 0 atom stereocenters. The van der Waals surface area contributed by atoms with E-state index >= 15 is 0 Å². The largest absolute Gasteiger partial charge is 0.462 e.